The summed E-state index contributed by atoms with van der Waals surface area (Å²) in [7, 11) is 0. The van der Waals surface area contributed by atoms with Crippen molar-refractivity contribution >= 4 is 17.0 Å². The van der Waals surface area contributed by atoms with Crippen molar-refractivity contribution in [2.24, 2.45) is 0 Å². The lowest BCUT2D eigenvalue weighted by molar-refractivity contribution is 0.399. The van der Waals surface area contributed by atoms with E-state index in [1.165, 1.54) is 24.1 Å². The minimum atomic E-state index is 0.611. The van der Waals surface area contributed by atoms with Crippen LogP contribution in [0.4, 0.5) is 5.69 Å². The van der Waals surface area contributed by atoms with Crippen LogP contribution < -0.4 is 10.6 Å². The van der Waals surface area contributed by atoms with Crippen molar-refractivity contribution in [1.29, 1.82) is 0 Å². The molecule has 14 heavy (non-hydrogen) atoms. The van der Waals surface area contributed by atoms with Gasteiger partial charge in [0.2, 0.25) is 0 Å². The highest BCUT2D eigenvalue weighted by atomic mass is 32.1. The Morgan fingerprint density at radius 1 is 1.43 bits per heavy atom. The standard InChI is InChI=1S/C11H18N2S/c1-8-6-14-7-11(8)13-10-4-3-9(2)12-5-10/h6-7,9-10,12-13H,3-5H2,1-2H3. The number of thiophene rings is 1. The lowest BCUT2D eigenvalue weighted by atomic mass is 10.0. The van der Waals surface area contributed by atoms with Crippen LogP contribution in [0.1, 0.15) is 25.3 Å². The molecule has 2 rings (SSSR count). The van der Waals surface area contributed by atoms with Gasteiger partial charge in [0.1, 0.15) is 0 Å². The molecule has 0 aliphatic carbocycles. The zero-order valence-electron chi connectivity index (χ0n) is 8.84. The van der Waals surface area contributed by atoms with Crippen LogP contribution in [-0.4, -0.2) is 18.6 Å². The first-order chi connectivity index (χ1) is 6.75. The minimum Gasteiger partial charge on any atom is -0.380 e. The lowest BCUT2D eigenvalue weighted by Crippen LogP contribution is -2.43. The molecule has 1 aliphatic rings. The molecule has 3 heteroatoms. The van der Waals surface area contributed by atoms with Gasteiger partial charge in [0, 0.05) is 29.7 Å². The molecule has 0 aromatic carbocycles. The molecule has 2 nitrogen and oxygen atoms in total. The second kappa shape index (κ2) is 4.32. The molecule has 0 saturated carbocycles. The monoisotopic (exact) mass is 210 g/mol. The van der Waals surface area contributed by atoms with E-state index in [2.05, 4.69) is 35.2 Å². The molecule has 1 aliphatic heterocycles. The molecule has 1 saturated heterocycles. The van der Waals surface area contributed by atoms with Gasteiger partial charge >= 0.3 is 0 Å². The molecule has 78 valence electrons. The van der Waals surface area contributed by atoms with E-state index in [-0.39, 0.29) is 0 Å². The van der Waals surface area contributed by atoms with Crippen LogP contribution in [0.15, 0.2) is 10.8 Å². The van der Waals surface area contributed by atoms with Gasteiger partial charge in [-0.05, 0) is 37.6 Å². The van der Waals surface area contributed by atoms with Crippen molar-refractivity contribution in [2.45, 2.75) is 38.8 Å². The number of nitrogens with one attached hydrogen (secondary N) is 2. The number of rotatable bonds is 2. The number of piperidine rings is 1. The highest BCUT2D eigenvalue weighted by Gasteiger charge is 2.17. The van der Waals surface area contributed by atoms with Gasteiger partial charge in [-0.1, -0.05) is 0 Å². The van der Waals surface area contributed by atoms with Gasteiger partial charge in [0.25, 0.3) is 0 Å². The Balaban J connectivity index is 1.89. The zero-order valence-corrected chi connectivity index (χ0v) is 9.66. The predicted molar refractivity (Wildman–Crippen MR) is 63.2 cm³/mol. The zero-order chi connectivity index (χ0) is 9.97. The smallest absolute Gasteiger partial charge is 0.0481 e. The summed E-state index contributed by atoms with van der Waals surface area (Å²) in [5, 5.41) is 11.5. The van der Waals surface area contributed by atoms with Crippen LogP contribution in [0.25, 0.3) is 0 Å². The molecule has 1 aromatic heterocycles. The number of aryl methyl sites for hydroxylation is 1. The Labute approximate surface area is 89.7 Å². The van der Waals surface area contributed by atoms with Crippen LogP contribution in [0.5, 0.6) is 0 Å². The minimum absolute atomic E-state index is 0.611. The number of hydrogen-bond acceptors (Lipinski definition) is 3. The van der Waals surface area contributed by atoms with E-state index in [0.717, 1.165) is 6.54 Å². The molecular weight excluding hydrogens is 192 g/mol. The van der Waals surface area contributed by atoms with Gasteiger partial charge in [0.05, 0.1) is 0 Å². The van der Waals surface area contributed by atoms with Gasteiger partial charge in [-0.2, -0.15) is 0 Å². The van der Waals surface area contributed by atoms with Crippen LogP contribution in [0.3, 0.4) is 0 Å². The molecule has 0 spiro atoms. The maximum atomic E-state index is 3.60. The van der Waals surface area contributed by atoms with Crippen molar-refractivity contribution < 1.29 is 0 Å². The van der Waals surface area contributed by atoms with E-state index in [1.807, 2.05) is 0 Å². The molecule has 0 amide bonds. The van der Waals surface area contributed by atoms with Crippen molar-refractivity contribution in [3.05, 3.63) is 16.3 Å². The SMILES string of the molecule is Cc1cscc1NC1CCC(C)NC1. The van der Waals surface area contributed by atoms with Gasteiger partial charge in [-0.3, -0.25) is 0 Å². The van der Waals surface area contributed by atoms with E-state index in [4.69, 9.17) is 0 Å². The summed E-state index contributed by atoms with van der Waals surface area (Å²) in [6, 6.07) is 1.30. The summed E-state index contributed by atoms with van der Waals surface area (Å²) in [4.78, 5) is 0. The summed E-state index contributed by atoms with van der Waals surface area (Å²) >= 11 is 1.77. The van der Waals surface area contributed by atoms with Gasteiger partial charge in [0.15, 0.2) is 0 Å². The van der Waals surface area contributed by atoms with E-state index >= 15 is 0 Å². The third-order valence-corrected chi connectivity index (χ3v) is 3.74. The van der Waals surface area contributed by atoms with E-state index in [0.29, 0.717) is 12.1 Å². The molecule has 2 unspecified atom stereocenters. The average Bonchev–Trinajstić information content (AvgIpc) is 2.56. The van der Waals surface area contributed by atoms with E-state index in [9.17, 15) is 0 Å². The molecule has 1 fully saturated rings. The normalized spacial score (nSPS) is 27.6. The van der Waals surface area contributed by atoms with E-state index in [1.54, 1.807) is 11.3 Å². The Kier molecular flexibility index (Phi) is 3.08. The second-order valence-electron chi connectivity index (χ2n) is 4.20. The highest BCUT2D eigenvalue weighted by Crippen LogP contribution is 2.22. The highest BCUT2D eigenvalue weighted by molar-refractivity contribution is 7.08. The number of hydrogen-bond donors (Lipinski definition) is 2. The van der Waals surface area contributed by atoms with Crippen molar-refractivity contribution in [3.8, 4) is 0 Å². The maximum absolute atomic E-state index is 3.60. The first kappa shape index (κ1) is 9.99. The summed E-state index contributed by atoms with van der Waals surface area (Å²) in [6.07, 6.45) is 2.56. The molecule has 2 atom stereocenters. The van der Waals surface area contributed by atoms with E-state index < -0.39 is 0 Å². The largest absolute Gasteiger partial charge is 0.380 e. The summed E-state index contributed by atoms with van der Waals surface area (Å²) in [5.41, 5.74) is 2.69. The Morgan fingerprint density at radius 3 is 2.86 bits per heavy atom. The van der Waals surface area contributed by atoms with Crippen LogP contribution in [0, 0.1) is 6.92 Å². The van der Waals surface area contributed by atoms with Crippen molar-refractivity contribution in [1.82, 2.24) is 5.32 Å². The first-order valence-corrected chi connectivity index (χ1v) is 6.22. The molecule has 2 heterocycles. The molecule has 2 N–H and O–H groups in total. The number of anilines is 1. The van der Waals surface area contributed by atoms with Crippen molar-refractivity contribution in [3.63, 3.8) is 0 Å². The fraction of sp³-hybridized carbons (Fsp3) is 0.636. The van der Waals surface area contributed by atoms with Gasteiger partial charge in [-0.15, -0.1) is 11.3 Å². The van der Waals surface area contributed by atoms with Crippen molar-refractivity contribution in [2.75, 3.05) is 11.9 Å². The van der Waals surface area contributed by atoms with Gasteiger partial charge < -0.3 is 10.6 Å². The fourth-order valence-corrected chi connectivity index (χ4v) is 2.64. The summed E-state index contributed by atoms with van der Waals surface area (Å²) in [5.74, 6) is 0. The predicted octanol–water partition coefficient (Wildman–Crippen LogP) is 2.61. The quantitative estimate of drug-likeness (QED) is 0.784. The Bertz CT molecular complexity index is 287. The summed E-state index contributed by atoms with van der Waals surface area (Å²) in [6.45, 7) is 5.51. The molecule has 1 aromatic rings. The third-order valence-electron chi connectivity index (χ3n) is 2.88. The van der Waals surface area contributed by atoms with Crippen LogP contribution in [0.2, 0.25) is 0 Å². The Morgan fingerprint density at radius 2 is 2.29 bits per heavy atom. The topological polar surface area (TPSA) is 24.1 Å². The van der Waals surface area contributed by atoms with Crippen LogP contribution >= 0.6 is 11.3 Å². The second-order valence-corrected chi connectivity index (χ2v) is 4.94. The molecular formula is C11H18N2S. The van der Waals surface area contributed by atoms with Crippen LogP contribution in [-0.2, 0) is 0 Å². The Hall–Kier alpha value is -0.540. The lowest BCUT2D eigenvalue weighted by Gasteiger charge is -2.28. The molecule has 0 bridgehead atoms. The molecule has 0 radical (unpaired) electrons. The third kappa shape index (κ3) is 2.28. The average molecular weight is 210 g/mol. The van der Waals surface area contributed by atoms with Gasteiger partial charge in [-0.25, -0.2) is 0 Å². The fourth-order valence-electron chi connectivity index (χ4n) is 1.85. The maximum Gasteiger partial charge on any atom is 0.0481 e. The first-order valence-electron chi connectivity index (χ1n) is 5.28. The summed E-state index contributed by atoms with van der Waals surface area (Å²) < 4.78 is 0.